The number of carbonyl (C=O) groups is 2. The number of fused-ring (bicyclic) bond motifs is 1. The van der Waals surface area contributed by atoms with Gasteiger partial charge in [-0.25, -0.2) is 4.98 Å². The number of hydrogen-bond acceptors (Lipinski definition) is 5. The molecule has 1 aromatic heterocycles. The molecule has 0 saturated carbocycles. The van der Waals surface area contributed by atoms with Crippen LogP contribution in [0.25, 0.3) is 10.2 Å². The first-order valence-electron chi connectivity index (χ1n) is 8.78. The van der Waals surface area contributed by atoms with E-state index in [4.69, 9.17) is 0 Å². The van der Waals surface area contributed by atoms with Crippen LogP contribution in [0.1, 0.15) is 31.7 Å². The molecule has 0 saturated heterocycles. The third kappa shape index (κ3) is 5.04. The van der Waals surface area contributed by atoms with Gasteiger partial charge in [-0.1, -0.05) is 60.7 Å². The van der Waals surface area contributed by atoms with Crippen molar-refractivity contribution < 1.29 is 9.59 Å². The number of hydrogen-bond donors (Lipinski definition) is 3. The summed E-state index contributed by atoms with van der Waals surface area (Å²) in [4.78, 5) is 28.7. The molecule has 0 spiro atoms. The van der Waals surface area contributed by atoms with Crippen LogP contribution in [-0.4, -0.2) is 22.8 Å². The van der Waals surface area contributed by atoms with Gasteiger partial charge in [-0.15, -0.1) is 0 Å². The second-order valence-corrected chi connectivity index (χ2v) is 7.44. The van der Waals surface area contributed by atoms with E-state index in [1.165, 1.54) is 11.3 Å². The molecule has 7 heteroatoms. The fraction of sp³-hybridized carbons (Fsp3) is 0.250. The molecule has 2 aromatic carbocycles. The van der Waals surface area contributed by atoms with Gasteiger partial charge in [0, 0.05) is 6.42 Å². The molecule has 140 valence electrons. The summed E-state index contributed by atoms with van der Waals surface area (Å²) in [6.07, 6.45) is 0.296. The minimum atomic E-state index is -0.530. The average molecular weight is 382 g/mol. The lowest BCUT2D eigenvalue weighted by Crippen LogP contribution is -2.47. The standard InChI is InChI=1S/C20H22N4O2S/c1-13(15-8-4-3-5-9-15)12-18(25)23-24-19(26)14(2)21-20-22-16-10-6-7-11-17(16)27-20/h3-11,13-14H,12H2,1-2H3,(H,21,22)(H,23,25)(H,24,26)/t13-,14-/m0/s1. The number of nitrogens with one attached hydrogen (secondary N) is 3. The molecule has 2 amide bonds. The van der Waals surface area contributed by atoms with Crippen LogP contribution in [0.4, 0.5) is 5.13 Å². The van der Waals surface area contributed by atoms with E-state index < -0.39 is 6.04 Å². The maximum atomic E-state index is 12.2. The van der Waals surface area contributed by atoms with Crippen LogP contribution < -0.4 is 16.2 Å². The summed E-state index contributed by atoms with van der Waals surface area (Å²) in [6.45, 7) is 3.70. The largest absolute Gasteiger partial charge is 0.350 e. The Kier molecular flexibility index (Phi) is 6.03. The van der Waals surface area contributed by atoms with Gasteiger partial charge < -0.3 is 5.32 Å². The Morgan fingerprint density at radius 1 is 1.00 bits per heavy atom. The Balaban J connectivity index is 1.47. The van der Waals surface area contributed by atoms with E-state index in [1.54, 1.807) is 6.92 Å². The lowest BCUT2D eigenvalue weighted by molar-refractivity contribution is -0.129. The summed E-state index contributed by atoms with van der Waals surface area (Å²) in [5.41, 5.74) is 6.93. The van der Waals surface area contributed by atoms with Gasteiger partial charge in [0.1, 0.15) is 6.04 Å². The molecule has 0 unspecified atom stereocenters. The molecule has 3 rings (SSSR count). The highest BCUT2D eigenvalue weighted by molar-refractivity contribution is 7.22. The molecular weight excluding hydrogens is 360 g/mol. The van der Waals surface area contributed by atoms with Gasteiger partial charge in [0.25, 0.3) is 5.91 Å². The number of aromatic nitrogens is 1. The summed E-state index contributed by atoms with van der Waals surface area (Å²) in [6, 6.07) is 17.1. The number of amides is 2. The molecule has 3 N–H and O–H groups in total. The molecule has 0 bridgehead atoms. The van der Waals surface area contributed by atoms with E-state index in [1.807, 2.05) is 61.5 Å². The summed E-state index contributed by atoms with van der Waals surface area (Å²) < 4.78 is 1.05. The van der Waals surface area contributed by atoms with Gasteiger partial charge in [-0.3, -0.25) is 20.4 Å². The molecule has 0 radical (unpaired) electrons. The minimum Gasteiger partial charge on any atom is -0.350 e. The zero-order valence-corrected chi connectivity index (χ0v) is 16.0. The summed E-state index contributed by atoms with van der Waals surface area (Å²) in [5.74, 6) is -0.483. The lowest BCUT2D eigenvalue weighted by atomic mass is 9.98. The van der Waals surface area contributed by atoms with Gasteiger partial charge >= 0.3 is 0 Å². The highest BCUT2D eigenvalue weighted by Gasteiger charge is 2.16. The van der Waals surface area contributed by atoms with Crippen LogP contribution >= 0.6 is 11.3 Å². The Labute approximate surface area is 162 Å². The number of hydrazine groups is 1. The predicted octanol–water partition coefficient (Wildman–Crippen LogP) is 3.44. The third-order valence-corrected chi connectivity index (χ3v) is 5.18. The van der Waals surface area contributed by atoms with E-state index >= 15 is 0 Å². The van der Waals surface area contributed by atoms with Crippen molar-refractivity contribution in [3.63, 3.8) is 0 Å². The van der Waals surface area contributed by atoms with Crippen molar-refractivity contribution >= 4 is 38.5 Å². The van der Waals surface area contributed by atoms with Crippen molar-refractivity contribution in [1.29, 1.82) is 0 Å². The molecule has 0 aliphatic carbocycles. The first kappa shape index (κ1) is 18.8. The van der Waals surface area contributed by atoms with Crippen molar-refractivity contribution in [2.75, 3.05) is 5.32 Å². The maximum Gasteiger partial charge on any atom is 0.260 e. The molecule has 2 atom stereocenters. The molecule has 0 fully saturated rings. The second kappa shape index (κ2) is 8.64. The highest BCUT2D eigenvalue weighted by Crippen LogP contribution is 2.25. The SMILES string of the molecule is C[C@H](Nc1nc2ccccc2s1)C(=O)NNC(=O)C[C@H](C)c1ccccc1. The summed E-state index contributed by atoms with van der Waals surface area (Å²) in [5, 5.41) is 3.73. The van der Waals surface area contributed by atoms with Crippen LogP contribution in [0.2, 0.25) is 0 Å². The fourth-order valence-electron chi connectivity index (χ4n) is 2.65. The van der Waals surface area contributed by atoms with E-state index in [-0.39, 0.29) is 17.7 Å². The van der Waals surface area contributed by atoms with Crippen LogP contribution in [0, 0.1) is 0 Å². The summed E-state index contributed by atoms with van der Waals surface area (Å²) >= 11 is 1.48. The summed E-state index contributed by atoms with van der Waals surface area (Å²) in [7, 11) is 0. The number of carbonyl (C=O) groups excluding carboxylic acids is 2. The molecular formula is C20H22N4O2S. The topological polar surface area (TPSA) is 83.1 Å². The predicted molar refractivity (Wildman–Crippen MR) is 108 cm³/mol. The Hall–Kier alpha value is -2.93. The monoisotopic (exact) mass is 382 g/mol. The fourth-order valence-corrected chi connectivity index (χ4v) is 3.61. The first-order chi connectivity index (χ1) is 13.0. The van der Waals surface area contributed by atoms with Gasteiger partial charge in [0.15, 0.2) is 5.13 Å². The van der Waals surface area contributed by atoms with Crippen molar-refractivity contribution in [3.05, 3.63) is 60.2 Å². The zero-order chi connectivity index (χ0) is 19.2. The Morgan fingerprint density at radius 2 is 1.70 bits per heavy atom. The van der Waals surface area contributed by atoms with Gasteiger partial charge in [-0.05, 0) is 30.5 Å². The molecule has 3 aromatic rings. The Bertz CT molecular complexity index is 893. The number of nitrogens with zero attached hydrogens (tertiary/aromatic N) is 1. The maximum absolute atomic E-state index is 12.2. The van der Waals surface area contributed by atoms with E-state index in [9.17, 15) is 9.59 Å². The highest BCUT2D eigenvalue weighted by atomic mass is 32.1. The van der Waals surface area contributed by atoms with Crippen LogP contribution in [0.5, 0.6) is 0 Å². The van der Waals surface area contributed by atoms with Crippen molar-refractivity contribution in [2.45, 2.75) is 32.2 Å². The van der Waals surface area contributed by atoms with E-state index in [2.05, 4.69) is 21.2 Å². The number of benzene rings is 2. The zero-order valence-electron chi connectivity index (χ0n) is 15.2. The average Bonchev–Trinajstić information content (AvgIpc) is 3.09. The molecule has 6 nitrogen and oxygen atoms in total. The normalized spacial score (nSPS) is 13.0. The van der Waals surface area contributed by atoms with Crippen molar-refractivity contribution in [2.24, 2.45) is 0 Å². The number of rotatable bonds is 6. The number of para-hydroxylation sites is 1. The first-order valence-corrected chi connectivity index (χ1v) is 9.60. The third-order valence-electron chi connectivity index (χ3n) is 4.21. The van der Waals surface area contributed by atoms with E-state index in [0.29, 0.717) is 11.6 Å². The second-order valence-electron chi connectivity index (χ2n) is 6.41. The Morgan fingerprint density at radius 3 is 2.44 bits per heavy atom. The van der Waals surface area contributed by atoms with Crippen LogP contribution in [0.3, 0.4) is 0 Å². The lowest BCUT2D eigenvalue weighted by Gasteiger charge is -2.15. The van der Waals surface area contributed by atoms with Gasteiger partial charge in [-0.2, -0.15) is 0 Å². The number of anilines is 1. The van der Waals surface area contributed by atoms with Gasteiger partial charge in [0.2, 0.25) is 5.91 Å². The van der Waals surface area contributed by atoms with Crippen LogP contribution in [0.15, 0.2) is 54.6 Å². The minimum absolute atomic E-state index is 0.0707. The molecule has 0 aliphatic rings. The smallest absolute Gasteiger partial charge is 0.260 e. The van der Waals surface area contributed by atoms with Gasteiger partial charge in [0.05, 0.1) is 10.2 Å². The van der Waals surface area contributed by atoms with E-state index in [0.717, 1.165) is 15.8 Å². The van der Waals surface area contributed by atoms with Crippen LogP contribution in [-0.2, 0) is 9.59 Å². The molecule has 27 heavy (non-hydrogen) atoms. The number of thiazole rings is 1. The van der Waals surface area contributed by atoms with Crippen molar-refractivity contribution in [1.82, 2.24) is 15.8 Å². The van der Waals surface area contributed by atoms with Crippen molar-refractivity contribution in [3.8, 4) is 0 Å². The molecule has 0 aliphatic heterocycles. The molecule has 1 heterocycles. The quantitative estimate of drug-likeness (QED) is 0.570.